The molecule has 114 valence electrons. The summed E-state index contributed by atoms with van der Waals surface area (Å²) in [5, 5.41) is 3.13. The van der Waals surface area contributed by atoms with E-state index in [1.807, 2.05) is 24.3 Å². The molecule has 0 amide bonds. The van der Waals surface area contributed by atoms with Gasteiger partial charge in [-0.15, -0.1) is 0 Å². The van der Waals surface area contributed by atoms with Gasteiger partial charge in [0.2, 0.25) is 0 Å². The van der Waals surface area contributed by atoms with E-state index in [4.69, 9.17) is 0 Å². The molecule has 3 N–H and O–H groups in total. The summed E-state index contributed by atoms with van der Waals surface area (Å²) in [6.07, 6.45) is 0.542. The molecule has 0 saturated carbocycles. The highest BCUT2D eigenvalue weighted by molar-refractivity contribution is 7.87. The summed E-state index contributed by atoms with van der Waals surface area (Å²) < 4.78 is 28.3. The summed E-state index contributed by atoms with van der Waals surface area (Å²) in [6, 6.07) is 7.76. The third-order valence-electron chi connectivity index (χ3n) is 3.50. The molecule has 3 rings (SSSR count). The van der Waals surface area contributed by atoms with Crippen molar-refractivity contribution < 1.29 is 8.42 Å². The first-order valence-electron chi connectivity index (χ1n) is 7.04. The predicted molar refractivity (Wildman–Crippen MR) is 81.2 cm³/mol. The van der Waals surface area contributed by atoms with E-state index >= 15 is 0 Å². The molecule has 1 aliphatic rings. The molecule has 1 aliphatic heterocycles. The maximum Gasteiger partial charge on any atom is 0.279 e. The molecule has 1 aromatic heterocycles. The van der Waals surface area contributed by atoms with E-state index < -0.39 is 10.2 Å². The molecule has 0 aliphatic carbocycles. The normalized spacial score (nSPS) is 17.3. The van der Waals surface area contributed by atoms with Gasteiger partial charge in [-0.3, -0.25) is 0 Å². The Kier molecular flexibility index (Phi) is 4.20. The second-order valence-corrected chi connectivity index (χ2v) is 6.75. The Bertz CT molecular complexity index is 673. The lowest BCUT2D eigenvalue weighted by Gasteiger charge is -2.26. The first-order valence-corrected chi connectivity index (χ1v) is 8.48. The fourth-order valence-electron chi connectivity index (χ4n) is 2.40. The van der Waals surface area contributed by atoms with Gasteiger partial charge in [0.25, 0.3) is 10.2 Å². The number of aromatic amines is 1. The summed E-state index contributed by atoms with van der Waals surface area (Å²) in [5.74, 6) is 0.791. The van der Waals surface area contributed by atoms with Crippen molar-refractivity contribution in [3.63, 3.8) is 0 Å². The zero-order chi connectivity index (χ0) is 14.7. The van der Waals surface area contributed by atoms with Gasteiger partial charge >= 0.3 is 0 Å². The van der Waals surface area contributed by atoms with Gasteiger partial charge in [-0.05, 0) is 12.1 Å². The van der Waals surface area contributed by atoms with E-state index in [-0.39, 0.29) is 0 Å². The largest absolute Gasteiger partial charge is 0.342 e. The predicted octanol–water partition coefficient (Wildman–Crippen LogP) is -0.155. The van der Waals surface area contributed by atoms with Gasteiger partial charge in [0, 0.05) is 39.1 Å². The molecule has 1 saturated heterocycles. The van der Waals surface area contributed by atoms with Crippen LogP contribution in [0.5, 0.6) is 0 Å². The van der Waals surface area contributed by atoms with E-state index in [1.165, 1.54) is 4.31 Å². The Morgan fingerprint density at radius 1 is 1.24 bits per heavy atom. The average Bonchev–Trinajstić information content (AvgIpc) is 2.90. The number of nitrogens with zero attached hydrogens (tertiary/aromatic N) is 2. The van der Waals surface area contributed by atoms with E-state index in [9.17, 15) is 8.42 Å². The lowest BCUT2D eigenvalue weighted by molar-refractivity contribution is 0.355. The van der Waals surface area contributed by atoms with E-state index in [0.29, 0.717) is 39.1 Å². The number of piperazine rings is 1. The molecule has 1 aromatic carbocycles. The highest BCUT2D eigenvalue weighted by Gasteiger charge is 2.22. The van der Waals surface area contributed by atoms with Gasteiger partial charge in [0.15, 0.2) is 0 Å². The molecule has 0 spiro atoms. The van der Waals surface area contributed by atoms with Crippen LogP contribution in [0.2, 0.25) is 0 Å². The number of benzene rings is 1. The number of aromatic nitrogens is 2. The fraction of sp³-hybridized carbons (Fsp3) is 0.462. The van der Waals surface area contributed by atoms with Crippen LogP contribution in [0.15, 0.2) is 24.3 Å². The molecule has 21 heavy (non-hydrogen) atoms. The second kappa shape index (κ2) is 6.10. The molecule has 1 fully saturated rings. The van der Waals surface area contributed by atoms with Crippen molar-refractivity contribution in [3.8, 4) is 0 Å². The monoisotopic (exact) mass is 309 g/mol. The topological polar surface area (TPSA) is 90.1 Å². The molecule has 0 atom stereocenters. The fourth-order valence-corrected chi connectivity index (χ4v) is 3.60. The molecule has 0 radical (unpaired) electrons. The Labute approximate surface area is 123 Å². The zero-order valence-electron chi connectivity index (χ0n) is 11.7. The van der Waals surface area contributed by atoms with E-state index in [0.717, 1.165) is 16.9 Å². The van der Waals surface area contributed by atoms with Crippen molar-refractivity contribution in [1.29, 1.82) is 0 Å². The number of imidazole rings is 1. The van der Waals surface area contributed by atoms with Gasteiger partial charge in [-0.1, -0.05) is 12.1 Å². The number of hydrogen-bond acceptors (Lipinski definition) is 4. The summed E-state index contributed by atoms with van der Waals surface area (Å²) in [4.78, 5) is 7.62. The van der Waals surface area contributed by atoms with Crippen LogP contribution in [0.3, 0.4) is 0 Å². The summed E-state index contributed by atoms with van der Waals surface area (Å²) in [6.45, 7) is 2.76. The van der Waals surface area contributed by atoms with Crippen LogP contribution < -0.4 is 10.0 Å². The molecular formula is C13H19N5O2S. The molecule has 0 unspecified atom stereocenters. The smallest absolute Gasteiger partial charge is 0.279 e. The van der Waals surface area contributed by atoms with Crippen LogP contribution in [-0.2, 0) is 16.6 Å². The van der Waals surface area contributed by atoms with Crippen LogP contribution in [0, 0.1) is 0 Å². The number of para-hydroxylation sites is 2. The van der Waals surface area contributed by atoms with Crippen molar-refractivity contribution in [2.45, 2.75) is 6.42 Å². The van der Waals surface area contributed by atoms with Gasteiger partial charge in [-0.2, -0.15) is 12.7 Å². The van der Waals surface area contributed by atoms with E-state index in [1.54, 1.807) is 0 Å². The molecular weight excluding hydrogens is 290 g/mol. The molecule has 0 bridgehead atoms. The first kappa shape index (κ1) is 14.5. The number of rotatable bonds is 5. The summed E-state index contributed by atoms with van der Waals surface area (Å²) in [7, 11) is -3.38. The maximum atomic E-state index is 12.1. The highest BCUT2D eigenvalue weighted by Crippen LogP contribution is 2.10. The van der Waals surface area contributed by atoms with Crippen molar-refractivity contribution in [1.82, 2.24) is 24.3 Å². The molecule has 7 nitrogen and oxygen atoms in total. The van der Waals surface area contributed by atoms with Crippen LogP contribution >= 0.6 is 0 Å². The van der Waals surface area contributed by atoms with Gasteiger partial charge in [0.05, 0.1) is 11.0 Å². The second-order valence-electron chi connectivity index (χ2n) is 5.00. The minimum atomic E-state index is -3.38. The van der Waals surface area contributed by atoms with Crippen LogP contribution in [0.4, 0.5) is 0 Å². The Morgan fingerprint density at radius 2 is 2.00 bits per heavy atom. The SMILES string of the molecule is O=S(=O)(NCCc1nc2ccccc2[nH]1)N1CCNCC1. The quantitative estimate of drug-likeness (QED) is 0.716. The Morgan fingerprint density at radius 3 is 2.76 bits per heavy atom. The third kappa shape index (κ3) is 3.41. The number of hydrogen-bond donors (Lipinski definition) is 3. The lowest BCUT2D eigenvalue weighted by Crippen LogP contribution is -2.50. The number of nitrogens with one attached hydrogen (secondary N) is 3. The van der Waals surface area contributed by atoms with Gasteiger partial charge in [0.1, 0.15) is 5.82 Å². The Hall–Kier alpha value is -1.48. The molecule has 8 heteroatoms. The van der Waals surface area contributed by atoms with Crippen molar-refractivity contribution in [2.24, 2.45) is 0 Å². The van der Waals surface area contributed by atoms with Crippen LogP contribution in [0.25, 0.3) is 11.0 Å². The average molecular weight is 309 g/mol. The first-order chi connectivity index (χ1) is 10.1. The molecule has 2 heterocycles. The van der Waals surface area contributed by atoms with Crippen molar-refractivity contribution >= 4 is 21.2 Å². The standard InChI is InChI=1S/C13H19N5O2S/c19-21(20,18-9-7-14-8-10-18)15-6-5-13-16-11-3-1-2-4-12(11)17-13/h1-4,14-15H,5-10H2,(H,16,17). The van der Waals surface area contributed by atoms with Gasteiger partial charge < -0.3 is 10.3 Å². The Balaban J connectivity index is 1.57. The summed E-state index contributed by atoms with van der Waals surface area (Å²) >= 11 is 0. The third-order valence-corrected chi connectivity index (χ3v) is 5.11. The van der Waals surface area contributed by atoms with Crippen LogP contribution in [-0.4, -0.2) is 55.4 Å². The summed E-state index contributed by atoms with van der Waals surface area (Å²) in [5.41, 5.74) is 1.87. The minimum Gasteiger partial charge on any atom is -0.342 e. The van der Waals surface area contributed by atoms with Crippen LogP contribution in [0.1, 0.15) is 5.82 Å². The minimum absolute atomic E-state index is 0.339. The van der Waals surface area contributed by atoms with Gasteiger partial charge in [-0.25, -0.2) is 9.71 Å². The lowest BCUT2D eigenvalue weighted by atomic mass is 10.3. The van der Waals surface area contributed by atoms with E-state index in [2.05, 4.69) is 20.0 Å². The maximum absolute atomic E-state index is 12.1. The number of fused-ring (bicyclic) bond motifs is 1. The van der Waals surface area contributed by atoms with Crippen molar-refractivity contribution in [2.75, 3.05) is 32.7 Å². The highest BCUT2D eigenvalue weighted by atomic mass is 32.2. The van der Waals surface area contributed by atoms with Crippen molar-refractivity contribution in [3.05, 3.63) is 30.1 Å². The molecule has 2 aromatic rings. The zero-order valence-corrected chi connectivity index (χ0v) is 12.5. The number of H-pyrrole nitrogens is 1.